The molecule has 0 spiro atoms. The number of carbonyl (C=O) groups excluding carboxylic acids is 2. The van der Waals surface area contributed by atoms with Crippen LogP contribution in [-0.4, -0.2) is 98.3 Å². The lowest BCUT2D eigenvalue weighted by Gasteiger charge is -2.41. The predicted molar refractivity (Wildman–Crippen MR) is 198 cm³/mol. The Balaban J connectivity index is 2.14. The molecule has 0 radical (unpaired) electrons. The highest BCUT2D eigenvalue weighted by Gasteiger charge is 2.51. The van der Waals surface area contributed by atoms with Gasteiger partial charge >= 0.3 is 19.8 Å². The number of unbranched alkanes of at least 4 members (excludes halogenated alkanes) is 22. The molecule has 0 aromatic heterocycles. The zero-order valence-corrected chi connectivity index (χ0v) is 33.0. The van der Waals surface area contributed by atoms with Crippen LogP contribution in [0.25, 0.3) is 0 Å². The molecule has 0 saturated heterocycles. The van der Waals surface area contributed by atoms with E-state index in [0.29, 0.717) is 6.42 Å². The summed E-state index contributed by atoms with van der Waals surface area (Å²) in [5.74, 6) is -1.19. The van der Waals surface area contributed by atoms with Crippen molar-refractivity contribution in [1.29, 1.82) is 0 Å². The molecule has 6 N–H and O–H groups in total. The van der Waals surface area contributed by atoms with Gasteiger partial charge in [0.25, 0.3) is 0 Å². The first-order chi connectivity index (χ1) is 24.9. The van der Waals surface area contributed by atoms with Crippen LogP contribution in [0.4, 0.5) is 0 Å². The molecule has 1 rings (SSSR count). The van der Waals surface area contributed by atoms with Gasteiger partial charge in [0.2, 0.25) is 0 Å². The van der Waals surface area contributed by atoms with Gasteiger partial charge in [-0.15, -0.1) is 0 Å². The van der Waals surface area contributed by atoms with E-state index >= 15 is 0 Å². The zero-order valence-electron chi connectivity index (χ0n) is 32.1. The molecule has 0 bridgehead atoms. The average Bonchev–Trinajstić information content (AvgIpc) is 3.13. The van der Waals surface area contributed by atoms with Crippen LogP contribution in [-0.2, 0) is 32.7 Å². The van der Waals surface area contributed by atoms with Crippen LogP contribution >= 0.6 is 7.82 Å². The molecule has 6 unspecified atom stereocenters. The van der Waals surface area contributed by atoms with Crippen LogP contribution in [0.2, 0.25) is 0 Å². The molecule has 0 aromatic carbocycles. The number of hydrogen-bond donors (Lipinski definition) is 6. The van der Waals surface area contributed by atoms with Gasteiger partial charge in [-0.2, -0.15) is 0 Å². The predicted octanol–water partition coefficient (Wildman–Crippen LogP) is 6.55. The fourth-order valence-corrected chi connectivity index (χ4v) is 7.36. The molecule has 1 fully saturated rings. The van der Waals surface area contributed by atoms with Gasteiger partial charge in [0.05, 0.1) is 6.61 Å². The van der Waals surface area contributed by atoms with Crippen molar-refractivity contribution in [3.05, 3.63) is 0 Å². The minimum atomic E-state index is -5.08. The first kappa shape index (κ1) is 48.9. The summed E-state index contributed by atoms with van der Waals surface area (Å²) in [6.07, 6.45) is 16.2. The fraction of sp³-hybridized carbons (Fsp3) is 0.947. The van der Waals surface area contributed by atoms with Crippen molar-refractivity contribution >= 4 is 19.8 Å². The number of aliphatic hydroxyl groups excluding tert-OH is 5. The highest BCUT2D eigenvalue weighted by Crippen LogP contribution is 2.47. The molecule has 1 saturated carbocycles. The van der Waals surface area contributed by atoms with Crippen molar-refractivity contribution < 1.29 is 63.1 Å². The lowest BCUT2D eigenvalue weighted by atomic mass is 9.85. The number of ether oxygens (including phenoxy) is 2. The maximum absolute atomic E-state index is 12.6. The van der Waals surface area contributed by atoms with Gasteiger partial charge in [0, 0.05) is 12.8 Å². The van der Waals surface area contributed by atoms with Crippen molar-refractivity contribution in [3.8, 4) is 0 Å². The zero-order chi connectivity index (χ0) is 38.6. The minimum Gasteiger partial charge on any atom is -0.462 e. The number of aliphatic hydroxyl groups is 5. The lowest BCUT2D eigenvalue weighted by Crippen LogP contribution is -2.64. The molecule has 13 nitrogen and oxygen atoms in total. The number of rotatable bonds is 33. The van der Waals surface area contributed by atoms with Gasteiger partial charge in [0.15, 0.2) is 6.10 Å². The summed E-state index contributed by atoms with van der Waals surface area (Å²) in [7, 11) is -5.08. The van der Waals surface area contributed by atoms with Crippen LogP contribution in [0.1, 0.15) is 174 Å². The second-order valence-electron chi connectivity index (χ2n) is 14.5. The van der Waals surface area contributed by atoms with E-state index in [-0.39, 0.29) is 12.8 Å². The van der Waals surface area contributed by atoms with Crippen LogP contribution in [0.3, 0.4) is 0 Å². The van der Waals surface area contributed by atoms with Crippen LogP contribution in [0, 0.1) is 0 Å². The summed E-state index contributed by atoms with van der Waals surface area (Å²) in [5, 5.41) is 49.5. The topological polar surface area (TPSA) is 210 Å². The maximum Gasteiger partial charge on any atom is 0.472 e. The van der Waals surface area contributed by atoms with E-state index in [1.54, 1.807) is 6.92 Å². The van der Waals surface area contributed by atoms with E-state index in [1.165, 1.54) is 122 Å². The van der Waals surface area contributed by atoms with Crippen molar-refractivity contribution in [1.82, 2.24) is 0 Å². The molecule has 6 atom stereocenters. The first-order valence-corrected chi connectivity index (χ1v) is 21.8. The molecule has 14 heteroatoms. The fourth-order valence-electron chi connectivity index (χ4n) is 6.39. The smallest absolute Gasteiger partial charge is 0.462 e. The Morgan fingerprint density at radius 3 is 1.29 bits per heavy atom. The Kier molecular flexibility index (Phi) is 28.3. The summed E-state index contributed by atoms with van der Waals surface area (Å²) >= 11 is 0. The Bertz CT molecular complexity index is 938. The van der Waals surface area contributed by atoms with E-state index in [0.717, 1.165) is 19.3 Å². The molecule has 308 valence electrons. The second kappa shape index (κ2) is 30.1. The van der Waals surface area contributed by atoms with Gasteiger partial charge < -0.3 is 39.9 Å². The summed E-state index contributed by atoms with van der Waals surface area (Å²) in [4.78, 5) is 34.3. The number of phosphoric ester groups is 1. The van der Waals surface area contributed by atoms with E-state index in [9.17, 15) is 44.6 Å². The highest BCUT2D eigenvalue weighted by atomic mass is 31.2. The first-order valence-electron chi connectivity index (χ1n) is 20.3. The van der Waals surface area contributed by atoms with E-state index in [2.05, 4.69) is 6.92 Å². The Labute approximate surface area is 312 Å². The Hall–Kier alpha value is -1.15. The molecule has 0 amide bonds. The molecular formula is C38H73O13P. The third-order valence-electron chi connectivity index (χ3n) is 9.75. The van der Waals surface area contributed by atoms with Gasteiger partial charge in [-0.25, -0.2) is 4.57 Å². The Morgan fingerprint density at radius 2 is 0.904 bits per heavy atom. The quantitative estimate of drug-likeness (QED) is 0.0238. The summed E-state index contributed by atoms with van der Waals surface area (Å²) in [6.45, 7) is 2.65. The molecule has 1 aliphatic carbocycles. The summed E-state index contributed by atoms with van der Waals surface area (Å²) in [6, 6.07) is 0. The monoisotopic (exact) mass is 768 g/mol. The van der Waals surface area contributed by atoms with Crippen LogP contribution in [0.5, 0.6) is 0 Å². The van der Waals surface area contributed by atoms with Gasteiger partial charge in [-0.1, -0.05) is 155 Å². The van der Waals surface area contributed by atoms with Gasteiger partial charge in [-0.3, -0.25) is 18.6 Å². The molecule has 0 heterocycles. The standard InChI is InChI=1S/C38H73O13P/c1-3-5-6-7-8-9-10-11-12-13-14-15-16-17-18-19-20-21-22-23-24-25-26-27-32(40)50-30(28-48-31(39)4-2)29-49-52(46,47)51-38-36(44)34(42)33(41)35(43)37(38)45/h30,33-38,41-45H,3-29H2,1-2H3,(H,46,47). The van der Waals surface area contributed by atoms with Crippen molar-refractivity contribution in [2.75, 3.05) is 13.2 Å². The van der Waals surface area contributed by atoms with E-state index in [1.807, 2.05) is 0 Å². The second-order valence-corrected chi connectivity index (χ2v) is 15.9. The molecule has 52 heavy (non-hydrogen) atoms. The normalized spacial score (nSPS) is 23.6. The molecule has 1 aliphatic rings. The summed E-state index contributed by atoms with van der Waals surface area (Å²) in [5.41, 5.74) is 0. The van der Waals surface area contributed by atoms with Crippen LogP contribution < -0.4 is 0 Å². The largest absolute Gasteiger partial charge is 0.472 e. The van der Waals surface area contributed by atoms with Crippen molar-refractivity contribution in [3.63, 3.8) is 0 Å². The third kappa shape index (κ3) is 22.9. The van der Waals surface area contributed by atoms with Gasteiger partial charge in [0.1, 0.15) is 43.2 Å². The number of hydrogen-bond acceptors (Lipinski definition) is 12. The number of phosphoric acid groups is 1. The van der Waals surface area contributed by atoms with E-state index < -0.39 is 75.7 Å². The SMILES string of the molecule is CCCCCCCCCCCCCCCCCCCCCCCCCC(=O)OC(COC(=O)CC)COP(=O)(O)OC1C(O)C(O)C(O)C(O)C1O. The van der Waals surface area contributed by atoms with Crippen molar-refractivity contribution in [2.45, 2.75) is 217 Å². The molecular weight excluding hydrogens is 695 g/mol. The average molecular weight is 769 g/mol. The van der Waals surface area contributed by atoms with Crippen LogP contribution in [0.15, 0.2) is 0 Å². The van der Waals surface area contributed by atoms with Crippen molar-refractivity contribution in [2.24, 2.45) is 0 Å². The minimum absolute atomic E-state index is 0.0522. The Morgan fingerprint density at radius 1 is 0.538 bits per heavy atom. The highest BCUT2D eigenvalue weighted by molar-refractivity contribution is 7.47. The lowest BCUT2D eigenvalue weighted by molar-refractivity contribution is -0.220. The molecule has 0 aromatic rings. The maximum atomic E-state index is 12.6. The third-order valence-corrected chi connectivity index (χ3v) is 10.7. The number of esters is 2. The van der Waals surface area contributed by atoms with Gasteiger partial charge in [-0.05, 0) is 6.42 Å². The van der Waals surface area contributed by atoms with E-state index in [4.69, 9.17) is 18.5 Å². The molecule has 0 aliphatic heterocycles. The summed E-state index contributed by atoms with van der Waals surface area (Å²) < 4.78 is 32.6. The number of carbonyl (C=O) groups is 2.